The number of aryl methyl sites for hydroxylation is 8. The van der Waals surface area contributed by atoms with Gasteiger partial charge in [0, 0.05) is 0 Å². The first-order chi connectivity index (χ1) is 17.5. The van der Waals surface area contributed by atoms with Crippen molar-refractivity contribution in [2.75, 3.05) is 0 Å². The molecule has 0 bridgehead atoms. The number of fused-ring (bicyclic) bond motifs is 4. The third-order valence-corrected chi connectivity index (χ3v) is 7.49. The molecular weight excluding hydrogens is 448 g/mol. The molecular formula is C32H32O4. The van der Waals surface area contributed by atoms with Crippen LogP contribution in [0.3, 0.4) is 0 Å². The smallest absolute Gasteiger partial charge is 0.157 e. The second kappa shape index (κ2) is 10.4. The lowest BCUT2D eigenvalue weighted by atomic mass is 9.89. The maximum absolute atomic E-state index is 10.2. The Hall–Kier alpha value is -3.92. The second-order valence-corrected chi connectivity index (χ2v) is 9.76. The Morgan fingerprint density at radius 3 is 0.722 bits per heavy atom. The van der Waals surface area contributed by atoms with Crippen molar-refractivity contribution in [3.05, 3.63) is 117 Å². The third-order valence-electron chi connectivity index (χ3n) is 7.49. The highest BCUT2D eigenvalue weighted by Crippen LogP contribution is 2.32. The summed E-state index contributed by atoms with van der Waals surface area (Å²) in [5.41, 5.74) is 9.31. The molecule has 0 atom stereocenters. The van der Waals surface area contributed by atoms with E-state index in [-0.39, 0.29) is 23.0 Å². The summed E-state index contributed by atoms with van der Waals surface area (Å²) in [7, 11) is 0. The molecule has 184 valence electrons. The summed E-state index contributed by atoms with van der Waals surface area (Å²) in [6, 6.07) is 23.7. The lowest BCUT2D eigenvalue weighted by Gasteiger charge is -2.17. The van der Waals surface area contributed by atoms with Crippen LogP contribution in [0.15, 0.2) is 72.8 Å². The van der Waals surface area contributed by atoms with Gasteiger partial charge in [-0.3, -0.25) is 0 Å². The van der Waals surface area contributed by atoms with Crippen LogP contribution in [-0.2, 0) is 51.4 Å². The summed E-state index contributed by atoms with van der Waals surface area (Å²) in [5.74, 6) is -0.291. The summed E-state index contributed by atoms with van der Waals surface area (Å²) < 4.78 is 0. The molecule has 0 aliphatic heterocycles. The molecule has 0 saturated heterocycles. The van der Waals surface area contributed by atoms with Gasteiger partial charge in [0.2, 0.25) is 0 Å². The van der Waals surface area contributed by atoms with E-state index in [0.717, 1.165) is 73.6 Å². The molecule has 5 rings (SSSR count). The topological polar surface area (TPSA) is 80.9 Å². The summed E-state index contributed by atoms with van der Waals surface area (Å²) >= 11 is 0. The van der Waals surface area contributed by atoms with Gasteiger partial charge in [0.05, 0.1) is 0 Å². The van der Waals surface area contributed by atoms with Crippen molar-refractivity contribution in [3.63, 3.8) is 0 Å². The van der Waals surface area contributed by atoms with E-state index in [9.17, 15) is 20.4 Å². The van der Waals surface area contributed by atoms with Crippen molar-refractivity contribution in [2.45, 2.75) is 51.4 Å². The third kappa shape index (κ3) is 5.18. The van der Waals surface area contributed by atoms with Gasteiger partial charge in [-0.15, -0.1) is 0 Å². The molecule has 0 heterocycles. The van der Waals surface area contributed by atoms with E-state index in [0.29, 0.717) is 0 Å². The fourth-order valence-corrected chi connectivity index (χ4v) is 5.43. The molecule has 0 radical (unpaired) electrons. The summed E-state index contributed by atoms with van der Waals surface area (Å²) in [5, 5.41) is 40.9. The first-order valence-electron chi connectivity index (χ1n) is 12.7. The molecule has 1 aliphatic rings. The highest BCUT2D eigenvalue weighted by molar-refractivity contribution is 5.48. The average Bonchev–Trinajstić information content (AvgIpc) is 2.88. The number of benzene rings is 4. The van der Waals surface area contributed by atoms with Gasteiger partial charge >= 0.3 is 0 Å². The standard InChI is InChI=1S/C32H32O4/c33-29-17-25-13-9-21-5-1-2-6-22(21)10-14-26-18-30(34)32(36)20-28(26)16-12-24-8-4-3-7-23(24)11-15-27(25)19-31(29)35/h1-8,17-20,33-36H,9-16H2. The van der Waals surface area contributed by atoms with E-state index in [2.05, 4.69) is 48.5 Å². The fourth-order valence-electron chi connectivity index (χ4n) is 5.43. The van der Waals surface area contributed by atoms with Crippen LogP contribution in [0.4, 0.5) is 0 Å². The number of aromatic hydroxyl groups is 4. The van der Waals surface area contributed by atoms with Crippen molar-refractivity contribution in [2.24, 2.45) is 0 Å². The van der Waals surface area contributed by atoms with Crippen LogP contribution in [0.5, 0.6) is 23.0 Å². The zero-order chi connectivity index (χ0) is 25.1. The Morgan fingerprint density at radius 1 is 0.306 bits per heavy atom. The number of phenols is 4. The van der Waals surface area contributed by atoms with Crippen LogP contribution in [0.1, 0.15) is 44.5 Å². The van der Waals surface area contributed by atoms with Gasteiger partial charge in [-0.2, -0.15) is 0 Å². The molecule has 0 saturated carbocycles. The highest BCUT2D eigenvalue weighted by Gasteiger charge is 2.15. The largest absolute Gasteiger partial charge is 0.504 e. The Balaban J connectivity index is 1.55. The van der Waals surface area contributed by atoms with Crippen molar-refractivity contribution in [3.8, 4) is 23.0 Å². The maximum atomic E-state index is 10.2. The zero-order valence-electron chi connectivity index (χ0n) is 20.4. The molecule has 0 unspecified atom stereocenters. The molecule has 1 aliphatic carbocycles. The van der Waals surface area contributed by atoms with E-state index in [1.165, 1.54) is 22.3 Å². The Kier molecular flexibility index (Phi) is 6.86. The van der Waals surface area contributed by atoms with Crippen molar-refractivity contribution in [1.82, 2.24) is 0 Å². The normalized spacial score (nSPS) is 14.2. The lowest BCUT2D eigenvalue weighted by Crippen LogP contribution is -2.06. The summed E-state index contributed by atoms with van der Waals surface area (Å²) in [6.07, 6.45) is 6.41. The molecule has 4 N–H and O–H groups in total. The second-order valence-electron chi connectivity index (χ2n) is 9.76. The van der Waals surface area contributed by atoms with Crippen molar-refractivity contribution in [1.29, 1.82) is 0 Å². The summed E-state index contributed by atoms with van der Waals surface area (Å²) in [4.78, 5) is 0. The van der Waals surface area contributed by atoms with E-state index < -0.39 is 0 Å². The van der Waals surface area contributed by atoms with Crippen LogP contribution in [0.25, 0.3) is 0 Å². The SMILES string of the molecule is Oc1cc2c(cc1O)CCc1ccccc1CCc1cc(O)c(O)cc1CCc1ccccc1CC2. The molecule has 4 heteroatoms. The van der Waals surface area contributed by atoms with Gasteiger partial charge < -0.3 is 20.4 Å². The van der Waals surface area contributed by atoms with E-state index >= 15 is 0 Å². The fraction of sp³-hybridized carbons (Fsp3) is 0.250. The van der Waals surface area contributed by atoms with Crippen LogP contribution in [0.2, 0.25) is 0 Å². The first kappa shape index (κ1) is 23.8. The molecule has 0 aromatic heterocycles. The predicted molar refractivity (Wildman–Crippen MR) is 142 cm³/mol. The van der Waals surface area contributed by atoms with Crippen LogP contribution in [0, 0.1) is 0 Å². The number of hydrogen-bond acceptors (Lipinski definition) is 4. The van der Waals surface area contributed by atoms with Gasteiger partial charge in [0.15, 0.2) is 23.0 Å². The molecule has 0 fully saturated rings. The van der Waals surface area contributed by atoms with Gasteiger partial charge in [0.1, 0.15) is 0 Å². The average molecular weight is 481 g/mol. The lowest BCUT2D eigenvalue weighted by molar-refractivity contribution is 0.402. The number of hydrogen-bond donors (Lipinski definition) is 4. The molecule has 4 nitrogen and oxygen atoms in total. The molecule has 4 aromatic carbocycles. The van der Waals surface area contributed by atoms with Gasteiger partial charge in [-0.1, -0.05) is 48.5 Å². The van der Waals surface area contributed by atoms with E-state index in [4.69, 9.17) is 0 Å². The number of phenolic OH excluding ortho intramolecular Hbond substituents is 4. The van der Waals surface area contributed by atoms with E-state index in [1.807, 2.05) is 0 Å². The minimum absolute atomic E-state index is 0.0727. The Labute approximate surface area is 212 Å². The molecule has 0 amide bonds. The van der Waals surface area contributed by atoms with E-state index in [1.54, 1.807) is 24.3 Å². The number of rotatable bonds is 0. The highest BCUT2D eigenvalue weighted by atomic mass is 16.3. The van der Waals surface area contributed by atoms with Gasteiger partial charge in [-0.05, 0) is 120 Å². The zero-order valence-corrected chi connectivity index (χ0v) is 20.4. The Bertz CT molecular complexity index is 1180. The molecule has 4 aromatic rings. The van der Waals surface area contributed by atoms with Crippen molar-refractivity contribution < 1.29 is 20.4 Å². The predicted octanol–water partition coefficient (Wildman–Crippen LogP) is 5.96. The van der Waals surface area contributed by atoms with Gasteiger partial charge in [0.25, 0.3) is 0 Å². The van der Waals surface area contributed by atoms with Crippen molar-refractivity contribution >= 4 is 0 Å². The Morgan fingerprint density at radius 2 is 0.500 bits per heavy atom. The monoisotopic (exact) mass is 480 g/mol. The quantitative estimate of drug-likeness (QED) is 0.234. The first-order valence-corrected chi connectivity index (χ1v) is 12.7. The van der Waals surface area contributed by atoms with Gasteiger partial charge in [-0.25, -0.2) is 0 Å². The van der Waals surface area contributed by atoms with Crippen LogP contribution < -0.4 is 0 Å². The maximum Gasteiger partial charge on any atom is 0.157 e. The van der Waals surface area contributed by atoms with Crippen LogP contribution in [-0.4, -0.2) is 20.4 Å². The minimum atomic E-state index is -0.0727. The minimum Gasteiger partial charge on any atom is -0.504 e. The molecule has 0 spiro atoms. The summed E-state index contributed by atoms with van der Waals surface area (Å²) in [6.45, 7) is 0. The van der Waals surface area contributed by atoms with Crippen LogP contribution >= 0.6 is 0 Å². The molecule has 36 heavy (non-hydrogen) atoms.